The predicted molar refractivity (Wildman–Crippen MR) is 88.0 cm³/mol. The van der Waals surface area contributed by atoms with E-state index in [0.29, 0.717) is 16.5 Å². The van der Waals surface area contributed by atoms with Gasteiger partial charge in [-0.05, 0) is 30.9 Å². The summed E-state index contributed by atoms with van der Waals surface area (Å²) in [6.45, 7) is 3.65. The number of nitrogens with zero attached hydrogens (tertiary/aromatic N) is 1. The van der Waals surface area contributed by atoms with Gasteiger partial charge in [0.25, 0.3) is 0 Å². The second kappa shape index (κ2) is 6.55. The molecule has 7 heteroatoms. The lowest BCUT2D eigenvalue weighted by atomic mass is 9.97. The molecule has 1 N–H and O–H groups in total. The zero-order chi connectivity index (χ0) is 18.2. The van der Waals surface area contributed by atoms with Crippen LogP contribution in [0.15, 0.2) is 36.4 Å². The fourth-order valence-electron chi connectivity index (χ4n) is 3.12. The first-order valence-electron chi connectivity index (χ1n) is 8.08. The van der Waals surface area contributed by atoms with Crippen LogP contribution in [0.3, 0.4) is 0 Å². The number of nitrogens with one attached hydrogen (secondary N) is 1. The van der Waals surface area contributed by atoms with Gasteiger partial charge in [-0.2, -0.15) is 13.2 Å². The molecule has 0 aliphatic carbocycles. The summed E-state index contributed by atoms with van der Waals surface area (Å²) in [6.07, 6.45) is -4.67. The van der Waals surface area contributed by atoms with E-state index >= 15 is 0 Å². The number of benzene rings is 2. The first-order chi connectivity index (χ1) is 11.8. The minimum atomic E-state index is -4.54. The molecule has 0 bridgehead atoms. The predicted octanol–water partition coefficient (Wildman–Crippen LogP) is 3.97. The summed E-state index contributed by atoms with van der Waals surface area (Å²) < 4.78 is 47.4. The molecule has 2 aromatic carbocycles. The first kappa shape index (κ1) is 17.5. The van der Waals surface area contributed by atoms with Crippen LogP contribution in [0.2, 0.25) is 0 Å². The Hall–Kier alpha value is -2.28. The van der Waals surface area contributed by atoms with Crippen molar-refractivity contribution in [1.82, 2.24) is 10.4 Å². The molecule has 1 amide bonds. The van der Waals surface area contributed by atoms with Crippen LogP contribution in [0.25, 0.3) is 10.8 Å². The summed E-state index contributed by atoms with van der Waals surface area (Å²) in [5, 5.41) is 2.04. The van der Waals surface area contributed by atoms with Crippen LogP contribution in [-0.4, -0.2) is 29.7 Å². The Morgan fingerprint density at radius 3 is 2.40 bits per heavy atom. The Bertz CT molecular complexity index is 784. The molecule has 0 spiro atoms. The number of alkyl halides is 3. The van der Waals surface area contributed by atoms with Crippen LogP contribution in [0.1, 0.15) is 31.9 Å². The van der Waals surface area contributed by atoms with Crippen LogP contribution >= 0.6 is 0 Å². The zero-order valence-electron chi connectivity index (χ0n) is 13.9. The molecule has 2 aromatic rings. The second-order valence-electron chi connectivity index (χ2n) is 6.29. The minimum absolute atomic E-state index is 0.00655. The Labute approximate surface area is 143 Å². The second-order valence-corrected chi connectivity index (χ2v) is 6.29. The maximum Gasteiger partial charge on any atom is 0.409 e. The van der Waals surface area contributed by atoms with Gasteiger partial charge in [-0.15, -0.1) is 0 Å². The van der Waals surface area contributed by atoms with E-state index in [1.165, 1.54) is 6.07 Å². The number of amides is 1. The molecule has 1 saturated heterocycles. The normalized spacial score (nSPS) is 17.1. The molecule has 1 atom stereocenters. The molecule has 0 aromatic heterocycles. The van der Waals surface area contributed by atoms with Crippen LogP contribution in [0.4, 0.5) is 13.2 Å². The number of hydrogen-bond acceptors (Lipinski definition) is 3. The fraction of sp³-hybridized carbons (Fsp3) is 0.389. The van der Waals surface area contributed by atoms with E-state index in [0.717, 1.165) is 5.01 Å². The van der Waals surface area contributed by atoms with E-state index in [1.807, 2.05) is 13.8 Å². The molecular weight excluding hydrogens is 333 g/mol. The number of carbonyl (C=O) groups is 1. The smallest absolute Gasteiger partial charge is 0.409 e. The van der Waals surface area contributed by atoms with Gasteiger partial charge in [0, 0.05) is 18.4 Å². The number of carbonyl (C=O) groups excluding carboxylic acids is 1. The number of rotatable bonds is 4. The van der Waals surface area contributed by atoms with Crippen LogP contribution < -0.4 is 10.2 Å². The van der Waals surface area contributed by atoms with Crippen molar-refractivity contribution in [3.05, 3.63) is 42.0 Å². The lowest BCUT2D eigenvalue weighted by Crippen LogP contribution is -2.43. The molecule has 25 heavy (non-hydrogen) atoms. The lowest BCUT2D eigenvalue weighted by Gasteiger charge is -2.30. The molecule has 0 radical (unpaired) electrons. The average molecular weight is 352 g/mol. The number of hydrazine groups is 1. The molecule has 4 nitrogen and oxygen atoms in total. The summed E-state index contributed by atoms with van der Waals surface area (Å²) in [6, 6.07) is 8.03. The molecular formula is C18H19F3N2O2. The summed E-state index contributed by atoms with van der Waals surface area (Å²) in [7, 11) is 0. The monoisotopic (exact) mass is 352 g/mol. The topological polar surface area (TPSA) is 41.6 Å². The van der Waals surface area contributed by atoms with E-state index in [9.17, 15) is 18.0 Å². The number of hydrogen-bond donors (Lipinski definition) is 1. The van der Waals surface area contributed by atoms with E-state index in [-0.39, 0.29) is 24.6 Å². The van der Waals surface area contributed by atoms with Crippen LogP contribution in [0, 0.1) is 0 Å². The third kappa shape index (κ3) is 3.56. The molecule has 0 unspecified atom stereocenters. The Morgan fingerprint density at radius 2 is 1.84 bits per heavy atom. The van der Waals surface area contributed by atoms with Gasteiger partial charge in [-0.3, -0.25) is 10.2 Å². The maximum atomic E-state index is 13.9. The van der Waals surface area contributed by atoms with Crippen molar-refractivity contribution in [3.63, 3.8) is 0 Å². The fourth-order valence-corrected chi connectivity index (χ4v) is 3.12. The van der Waals surface area contributed by atoms with Gasteiger partial charge in [0.15, 0.2) is 6.04 Å². The van der Waals surface area contributed by atoms with Gasteiger partial charge >= 0.3 is 6.18 Å². The zero-order valence-corrected chi connectivity index (χ0v) is 13.9. The molecule has 1 aliphatic heterocycles. The van der Waals surface area contributed by atoms with E-state index < -0.39 is 18.1 Å². The van der Waals surface area contributed by atoms with Gasteiger partial charge in [-0.25, -0.2) is 5.01 Å². The van der Waals surface area contributed by atoms with E-state index in [4.69, 9.17) is 4.74 Å². The third-order valence-corrected chi connectivity index (χ3v) is 4.03. The molecule has 1 heterocycles. The average Bonchev–Trinajstić information content (AvgIpc) is 2.91. The van der Waals surface area contributed by atoms with Crippen molar-refractivity contribution >= 4 is 16.7 Å². The quantitative estimate of drug-likeness (QED) is 0.905. The summed E-state index contributed by atoms with van der Waals surface area (Å²) in [4.78, 5) is 11.4. The number of fused-ring (bicyclic) bond motifs is 1. The molecule has 1 fully saturated rings. The van der Waals surface area contributed by atoms with Crippen molar-refractivity contribution < 1.29 is 22.7 Å². The van der Waals surface area contributed by atoms with E-state index in [1.54, 1.807) is 30.3 Å². The summed E-state index contributed by atoms with van der Waals surface area (Å²) >= 11 is 0. The van der Waals surface area contributed by atoms with Gasteiger partial charge in [0.05, 0.1) is 6.10 Å². The Kier molecular flexibility index (Phi) is 4.60. The summed E-state index contributed by atoms with van der Waals surface area (Å²) in [5.74, 6) is -0.00369. The van der Waals surface area contributed by atoms with Crippen molar-refractivity contribution in [2.24, 2.45) is 0 Å². The Balaban J connectivity index is 2.19. The largest absolute Gasteiger partial charge is 0.490 e. The number of halogens is 3. The van der Waals surface area contributed by atoms with Crippen molar-refractivity contribution in [2.45, 2.75) is 38.6 Å². The Morgan fingerprint density at radius 1 is 1.16 bits per heavy atom. The highest BCUT2D eigenvalue weighted by molar-refractivity contribution is 5.92. The number of ether oxygens (including phenoxy) is 1. The lowest BCUT2D eigenvalue weighted by molar-refractivity contribution is -0.190. The minimum Gasteiger partial charge on any atom is -0.490 e. The highest BCUT2D eigenvalue weighted by atomic mass is 19.4. The molecule has 1 aliphatic rings. The standard InChI is InChI=1S/C18H19F3N2O2/c1-11(2)25-14-8-4-6-12-5-3-7-13(16(12)14)17(18(19,20)21)23-10-9-15(24)22-23/h3-8,11,17H,9-10H2,1-2H3,(H,22,24)/t17-/m0/s1. The highest BCUT2D eigenvalue weighted by Gasteiger charge is 2.47. The van der Waals surface area contributed by atoms with Crippen molar-refractivity contribution in [2.75, 3.05) is 6.54 Å². The molecule has 3 rings (SSSR count). The SMILES string of the molecule is CC(C)Oc1cccc2cccc([C@H](N3CCC(=O)N3)C(F)(F)F)c12. The van der Waals surface area contributed by atoms with Gasteiger partial charge in [-0.1, -0.05) is 30.3 Å². The first-order valence-corrected chi connectivity index (χ1v) is 8.08. The van der Waals surface area contributed by atoms with E-state index in [2.05, 4.69) is 5.43 Å². The van der Waals surface area contributed by atoms with Crippen molar-refractivity contribution in [3.8, 4) is 5.75 Å². The van der Waals surface area contributed by atoms with Crippen LogP contribution in [0.5, 0.6) is 5.75 Å². The molecule has 0 saturated carbocycles. The van der Waals surface area contributed by atoms with Crippen molar-refractivity contribution in [1.29, 1.82) is 0 Å². The maximum absolute atomic E-state index is 13.9. The summed E-state index contributed by atoms with van der Waals surface area (Å²) in [5.41, 5.74) is 2.39. The highest BCUT2D eigenvalue weighted by Crippen LogP contribution is 2.43. The van der Waals surface area contributed by atoms with Gasteiger partial charge in [0.1, 0.15) is 5.75 Å². The molecule has 134 valence electrons. The van der Waals surface area contributed by atoms with Gasteiger partial charge < -0.3 is 4.74 Å². The van der Waals surface area contributed by atoms with Gasteiger partial charge in [0.2, 0.25) is 5.91 Å². The third-order valence-electron chi connectivity index (χ3n) is 4.03. The van der Waals surface area contributed by atoms with Crippen LogP contribution in [-0.2, 0) is 4.79 Å².